The SMILES string of the molecule is COc1cc(NC(=O)c2ccccc2Cl)ccc1C(=O)N1CCCC(CC(=O)N2CCN(CC(=O)N3CCCC3)CC2)c2cc(Cl)ccc21. The highest BCUT2D eigenvalue weighted by molar-refractivity contribution is 6.34. The molecule has 0 saturated carbocycles. The number of anilines is 2. The third kappa shape index (κ3) is 8.03. The molecule has 3 aromatic carbocycles. The van der Waals surface area contributed by atoms with Gasteiger partial charge >= 0.3 is 0 Å². The number of methoxy groups -OCH3 is 1. The summed E-state index contributed by atoms with van der Waals surface area (Å²) in [4.78, 5) is 60.9. The van der Waals surface area contributed by atoms with Gasteiger partial charge in [-0.2, -0.15) is 0 Å². The number of likely N-dealkylation sites (tertiary alicyclic amines) is 1. The maximum absolute atomic E-state index is 14.1. The minimum Gasteiger partial charge on any atom is -0.496 e. The molecule has 0 aromatic heterocycles. The summed E-state index contributed by atoms with van der Waals surface area (Å²) in [7, 11) is 1.48. The Morgan fingerprint density at radius 3 is 2.27 bits per heavy atom. The van der Waals surface area contributed by atoms with Crippen molar-refractivity contribution in [2.24, 2.45) is 0 Å². The number of amides is 4. The molecule has 3 heterocycles. The number of hydrogen-bond donors (Lipinski definition) is 1. The van der Waals surface area contributed by atoms with E-state index in [9.17, 15) is 19.2 Å². The number of carbonyl (C=O) groups is 4. The Bertz CT molecular complexity index is 1720. The van der Waals surface area contributed by atoms with E-state index in [0.717, 1.165) is 37.9 Å². The fraction of sp³-hybridized carbons (Fsp3) is 0.405. The Balaban J connectivity index is 1.14. The predicted octanol–water partition coefficient (Wildman–Crippen LogP) is 5.94. The number of halogens is 2. The summed E-state index contributed by atoms with van der Waals surface area (Å²) >= 11 is 12.7. The number of fused-ring (bicyclic) bond motifs is 1. The first-order chi connectivity index (χ1) is 23.7. The molecule has 3 aliphatic rings. The summed E-state index contributed by atoms with van der Waals surface area (Å²) in [5, 5.41) is 3.70. The highest BCUT2D eigenvalue weighted by Crippen LogP contribution is 2.40. The number of rotatable bonds is 8. The maximum atomic E-state index is 14.1. The van der Waals surface area contributed by atoms with Crippen LogP contribution in [0.15, 0.2) is 60.7 Å². The Morgan fingerprint density at radius 1 is 0.796 bits per heavy atom. The Hall–Kier alpha value is -4.12. The van der Waals surface area contributed by atoms with Crippen molar-refractivity contribution in [3.05, 3.63) is 87.4 Å². The number of nitrogens with one attached hydrogen (secondary N) is 1. The van der Waals surface area contributed by atoms with Gasteiger partial charge in [0.15, 0.2) is 0 Å². The van der Waals surface area contributed by atoms with Crippen molar-refractivity contribution in [2.45, 2.75) is 38.0 Å². The number of piperazine rings is 1. The molecule has 1 atom stereocenters. The van der Waals surface area contributed by atoms with Crippen molar-refractivity contribution >= 4 is 58.2 Å². The van der Waals surface area contributed by atoms with Crippen molar-refractivity contribution < 1.29 is 23.9 Å². The third-order valence-electron chi connectivity index (χ3n) is 9.67. The minimum absolute atomic E-state index is 0.0670. The normalized spacial score (nSPS) is 18.1. The highest BCUT2D eigenvalue weighted by Gasteiger charge is 2.32. The molecule has 4 amide bonds. The van der Waals surface area contributed by atoms with E-state index in [1.165, 1.54) is 7.11 Å². The number of hydrogen-bond acceptors (Lipinski definition) is 6. The Labute approximate surface area is 296 Å². The summed E-state index contributed by atoms with van der Waals surface area (Å²) in [6, 6.07) is 17.2. The molecule has 6 rings (SSSR count). The first-order valence-electron chi connectivity index (χ1n) is 16.8. The molecule has 0 bridgehead atoms. The van der Waals surface area contributed by atoms with Gasteiger partial charge in [0.1, 0.15) is 5.75 Å². The smallest absolute Gasteiger partial charge is 0.262 e. The monoisotopic (exact) mass is 705 g/mol. The highest BCUT2D eigenvalue weighted by atomic mass is 35.5. The number of benzene rings is 3. The Morgan fingerprint density at radius 2 is 1.53 bits per heavy atom. The van der Waals surface area contributed by atoms with Gasteiger partial charge in [-0.15, -0.1) is 0 Å². The van der Waals surface area contributed by atoms with E-state index >= 15 is 0 Å². The molecule has 1 N–H and O–H groups in total. The van der Waals surface area contributed by atoms with Crippen LogP contribution < -0.4 is 15.0 Å². The summed E-state index contributed by atoms with van der Waals surface area (Å²) in [5.74, 6) is -0.182. The lowest BCUT2D eigenvalue weighted by molar-refractivity contribution is -0.135. The zero-order valence-corrected chi connectivity index (χ0v) is 29.1. The van der Waals surface area contributed by atoms with E-state index in [1.54, 1.807) is 53.4 Å². The topological polar surface area (TPSA) is 102 Å². The molecule has 10 nitrogen and oxygen atoms in total. The second-order valence-electron chi connectivity index (χ2n) is 12.8. The van der Waals surface area contributed by atoms with E-state index in [1.807, 2.05) is 21.9 Å². The first kappa shape index (κ1) is 34.7. The zero-order chi connectivity index (χ0) is 34.5. The van der Waals surface area contributed by atoms with E-state index in [-0.39, 0.29) is 29.5 Å². The average molecular weight is 707 g/mol. The van der Waals surface area contributed by atoms with Crippen LogP contribution in [0.5, 0.6) is 5.75 Å². The Kier molecular flexibility index (Phi) is 11.1. The van der Waals surface area contributed by atoms with Crippen molar-refractivity contribution in [1.82, 2.24) is 14.7 Å². The van der Waals surface area contributed by atoms with Crippen molar-refractivity contribution in [1.29, 1.82) is 0 Å². The number of carbonyl (C=O) groups excluding carboxylic acids is 4. The van der Waals surface area contributed by atoms with Gasteiger partial charge in [0.2, 0.25) is 11.8 Å². The van der Waals surface area contributed by atoms with Crippen LogP contribution in [0.1, 0.15) is 64.3 Å². The molecular weight excluding hydrogens is 665 g/mol. The largest absolute Gasteiger partial charge is 0.496 e. The van der Waals surface area contributed by atoms with E-state index in [0.29, 0.717) is 90.4 Å². The van der Waals surface area contributed by atoms with Gasteiger partial charge in [0.25, 0.3) is 11.8 Å². The maximum Gasteiger partial charge on any atom is 0.262 e. The van der Waals surface area contributed by atoms with Crippen LogP contribution in [-0.4, -0.2) is 97.8 Å². The minimum atomic E-state index is -0.375. The standard InChI is InChI=1S/C37H41Cl2N5O5/c1-49-33-23-27(40-36(47)28-8-2-3-9-31(28)39)11-12-29(33)37(48)44-16-6-7-25(30-22-26(38)10-13-32(30)44)21-34(45)43-19-17-41(18-20-43)24-35(46)42-14-4-5-15-42/h2-3,8-13,22-23,25H,4-7,14-21,24H2,1H3,(H,40,47). The van der Waals surface area contributed by atoms with Crippen LogP contribution in [0, 0.1) is 0 Å². The molecule has 49 heavy (non-hydrogen) atoms. The van der Waals surface area contributed by atoms with Gasteiger partial charge in [0, 0.05) is 74.7 Å². The fourth-order valence-electron chi connectivity index (χ4n) is 6.98. The molecule has 0 radical (unpaired) electrons. The summed E-state index contributed by atoms with van der Waals surface area (Å²) in [6.07, 6.45) is 3.87. The molecule has 0 spiro atoms. The lowest BCUT2D eigenvalue weighted by atomic mass is 9.90. The van der Waals surface area contributed by atoms with Crippen LogP contribution in [0.3, 0.4) is 0 Å². The molecule has 2 fully saturated rings. The van der Waals surface area contributed by atoms with Crippen molar-refractivity contribution in [3.63, 3.8) is 0 Å². The van der Waals surface area contributed by atoms with Gasteiger partial charge in [-0.3, -0.25) is 24.1 Å². The predicted molar refractivity (Wildman–Crippen MR) is 191 cm³/mol. The molecule has 1 unspecified atom stereocenters. The van der Waals surface area contributed by atoms with Crippen LogP contribution in [0.25, 0.3) is 0 Å². The van der Waals surface area contributed by atoms with Crippen LogP contribution in [0.4, 0.5) is 11.4 Å². The molecule has 12 heteroatoms. The molecular formula is C37H41Cl2N5O5. The number of ether oxygens (including phenoxy) is 1. The summed E-state index contributed by atoms with van der Waals surface area (Å²) < 4.78 is 5.62. The second-order valence-corrected chi connectivity index (χ2v) is 13.6. The van der Waals surface area contributed by atoms with Gasteiger partial charge in [-0.1, -0.05) is 35.3 Å². The molecule has 0 aliphatic carbocycles. The van der Waals surface area contributed by atoms with Crippen molar-refractivity contribution in [3.8, 4) is 5.75 Å². The van der Waals surface area contributed by atoms with E-state index in [2.05, 4.69) is 10.2 Å². The lowest BCUT2D eigenvalue weighted by Crippen LogP contribution is -2.51. The van der Waals surface area contributed by atoms with Crippen molar-refractivity contribution in [2.75, 3.05) is 69.7 Å². The van der Waals surface area contributed by atoms with E-state index < -0.39 is 0 Å². The summed E-state index contributed by atoms with van der Waals surface area (Å²) in [6.45, 7) is 5.06. The van der Waals surface area contributed by atoms with Gasteiger partial charge < -0.3 is 24.8 Å². The average Bonchev–Trinajstić information content (AvgIpc) is 3.60. The van der Waals surface area contributed by atoms with Crippen LogP contribution in [-0.2, 0) is 9.59 Å². The lowest BCUT2D eigenvalue weighted by Gasteiger charge is -2.35. The first-order valence-corrected chi connectivity index (χ1v) is 17.6. The second kappa shape index (κ2) is 15.6. The van der Waals surface area contributed by atoms with Crippen LogP contribution in [0.2, 0.25) is 10.0 Å². The fourth-order valence-corrected chi connectivity index (χ4v) is 7.38. The molecule has 3 aliphatic heterocycles. The quantitative estimate of drug-likeness (QED) is 0.312. The number of nitrogens with zero attached hydrogens (tertiary/aromatic N) is 4. The van der Waals surface area contributed by atoms with Gasteiger partial charge in [-0.05, 0) is 79.6 Å². The van der Waals surface area contributed by atoms with E-state index in [4.69, 9.17) is 27.9 Å². The molecule has 258 valence electrons. The molecule has 3 aromatic rings. The van der Waals surface area contributed by atoms with Gasteiger partial charge in [0.05, 0.1) is 29.8 Å². The summed E-state index contributed by atoms with van der Waals surface area (Å²) in [5.41, 5.74) is 2.72. The van der Waals surface area contributed by atoms with Gasteiger partial charge in [-0.25, -0.2) is 0 Å². The van der Waals surface area contributed by atoms with Crippen LogP contribution >= 0.6 is 23.2 Å². The zero-order valence-electron chi connectivity index (χ0n) is 27.6. The molecule has 2 saturated heterocycles. The third-order valence-corrected chi connectivity index (χ3v) is 10.2.